The molecule has 1 heterocycles. The van der Waals surface area contributed by atoms with Crippen molar-refractivity contribution in [1.29, 1.82) is 10.5 Å². The van der Waals surface area contributed by atoms with Crippen LogP contribution < -0.4 is 5.32 Å². The minimum absolute atomic E-state index is 0.119. The van der Waals surface area contributed by atoms with E-state index < -0.39 is 0 Å². The summed E-state index contributed by atoms with van der Waals surface area (Å²) in [5, 5.41) is 20.0. The normalized spacial score (nSPS) is 13.9. The Morgan fingerprint density at radius 1 is 1.42 bits per heavy atom. The van der Waals surface area contributed by atoms with Crippen molar-refractivity contribution in [2.45, 2.75) is 6.92 Å². The predicted molar refractivity (Wildman–Crippen MR) is 44.3 cm³/mol. The van der Waals surface area contributed by atoms with E-state index in [2.05, 4.69) is 5.32 Å². The van der Waals surface area contributed by atoms with Crippen LogP contribution in [0, 0.1) is 22.7 Å². The lowest BCUT2D eigenvalue weighted by Crippen LogP contribution is -2.11. The van der Waals surface area contributed by atoms with Crippen LogP contribution in [0.1, 0.15) is 6.92 Å². The number of nitriles is 2. The van der Waals surface area contributed by atoms with Crippen molar-refractivity contribution in [3.8, 4) is 12.1 Å². The van der Waals surface area contributed by atoms with Gasteiger partial charge < -0.3 is 5.32 Å². The van der Waals surface area contributed by atoms with E-state index in [-0.39, 0.29) is 5.57 Å². The second-order valence-electron chi connectivity index (χ2n) is 2.33. The van der Waals surface area contributed by atoms with E-state index in [1.165, 1.54) is 0 Å². The highest BCUT2D eigenvalue weighted by Gasteiger charge is 2.07. The zero-order valence-corrected chi connectivity index (χ0v) is 6.63. The van der Waals surface area contributed by atoms with Crippen LogP contribution in [0.4, 0.5) is 0 Å². The van der Waals surface area contributed by atoms with E-state index in [0.29, 0.717) is 5.70 Å². The van der Waals surface area contributed by atoms with Gasteiger partial charge in [-0.25, -0.2) is 0 Å². The first kappa shape index (κ1) is 8.10. The Morgan fingerprint density at radius 3 is 2.58 bits per heavy atom. The molecule has 0 aromatic heterocycles. The highest BCUT2D eigenvalue weighted by Crippen LogP contribution is 2.13. The van der Waals surface area contributed by atoms with E-state index in [9.17, 15) is 0 Å². The Bertz CT molecular complexity index is 342. The van der Waals surface area contributed by atoms with Gasteiger partial charge in [-0.05, 0) is 18.6 Å². The van der Waals surface area contributed by atoms with Crippen molar-refractivity contribution >= 4 is 0 Å². The predicted octanol–water partition coefficient (Wildman–Crippen LogP) is 1.35. The molecule has 1 N–H and O–H groups in total. The fourth-order valence-electron chi connectivity index (χ4n) is 0.927. The third-order valence-corrected chi connectivity index (χ3v) is 1.54. The average Bonchev–Trinajstić information content (AvgIpc) is 2.10. The Kier molecular flexibility index (Phi) is 2.30. The van der Waals surface area contributed by atoms with Crippen LogP contribution in [0.15, 0.2) is 35.2 Å². The number of dihydropyridines is 1. The van der Waals surface area contributed by atoms with Gasteiger partial charge in [-0.1, -0.05) is 6.08 Å². The van der Waals surface area contributed by atoms with Gasteiger partial charge in [0.2, 0.25) is 0 Å². The lowest BCUT2D eigenvalue weighted by atomic mass is 10.1. The molecule has 0 aromatic rings. The maximum absolute atomic E-state index is 8.57. The SMILES string of the molecule is CC1=CC=CNC1=C(C#N)C#N. The molecule has 3 heteroatoms. The van der Waals surface area contributed by atoms with Crippen molar-refractivity contribution in [2.75, 3.05) is 0 Å². The van der Waals surface area contributed by atoms with Crippen LogP contribution in [0.25, 0.3) is 0 Å². The van der Waals surface area contributed by atoms with Crippen molar-refractivity contribution in [3.05, 3.63) is 35.2 Å². The summed E-state index contributed by atoms with van der Waals surface area (Å²) in [5.41, 5.74) is 1.62. The smallest absolute Gasteiger partial charge is 0.153 e. The summed E-state index contributed by atoms with van der Waals surface area (Å²) in [6.07, 6.45) is 5.36. The molecule has 1 aliphatic heterocycles. The molecule has 0 bridgehead atoms. The van der Waals surface area contributed by atoms with E-state index in [1.807, 2.05) is 31.2 Å². The molecule has 0 amide bonds. The fraction of sp³-hybridized carbons (Fsp3) is 0.111. The molecule has 0 saturated heterocycles. The van der Waals surface area contributed by atoms with E-state index >= 15 is 0 Å². The molecule has 1 aliphatic rings. The highest BCUT2D eigenvalue weighted by molar-refractivity contribution is 5.50. The van der Waals surface area contributed by atoms with Crippen LogP contribution in [0.3, 0.4) is 0 Å². The minimum Gasteiger partial charge on any atom is -0.360 e. The van der Waals surface area contributed by atoms with E-state index in [0.717, 1.165) is 5.57 Å². The average molecular weight is 157 g/mol. The largest absolute Gasteiger partial charge is 0.360 e. The highest BCUT2D eigenvalue weighted by atomic mass is 14.9. The van der Waals surface area contributed by atoms with Gasteiger partial charge >= 0.3 is 0 Å². The van der Waals surface area contributed by atoms with Crippen LogP contribution in [0.2, 0.25) is 0 Å². The lowest BCUT2D eigenvalue weighted by Gasteiger charge is -2.10. The quantitative estimate of drug-likeness (QED) is 0.540. The number of hydrogen-bond acceptors (Lipinski definition) is 3. The van der Waals surface area contributed by atoms with Crippen LogP contribution in [-0.2, 0) is 0 Å². The van der Waals surface area contributed by atoms with Gasteiger partial charge in [0.05, 0.1) is 5.70 Å². The molecule has 0 atom stereocenters. The zero-order valence-electron chi connectivity index (χ0n) is 6.63. The summed E-state index contributed by atoms with van der Waals surface area (Å²) < 4.78 is 0. The van der Waals surface area contributed by atoms with Crippen LogP contribution in [0.5, 0.6) is 0 Å². The van der Waals surface area contributed by atoms with Crippen molar-refractivity contribution in [3.63, 3.8) is 0 Å². The molecule has 0 spiro atoms. The molecule has 0 aliphatic carbocycles. The number of allylic oxidation sites excluding steroid dienone is 4. The monoisotopic (exact) mass is 157 g/mol. The van der Waals surface area contributed by atoms with Gasteiger partial charge in [0.1, 0.15) is 12.1 Å². The third-order valence-electron chi connectivity index (χ3n) is 1.54. The van der Waals surface area contributed by atoms with Crippen molar-refractivity contribution in [2.24, 2.45) is 0 Å². The molecule has 0 radical (unpaired) electrons. The summed E-state index contributed by atoms with van der Waals surface area (Å²) in [5.74, 6) is 0. The fourth-order valence-corrected chi connectivity index (χ4v) is 0.927. The molecule has 0 fully saturated rings. The summed E-state index contributed by atoms with van der Waals surface area (Å²) >= 11 is 0. The molecule has 1 rings (SSSR count). The lowest BCUT2D eigenvalue weighted by molar-refractivity contribution is 1.04. The number of nitrogens with zero attached hydrogens (tertiary/aromatic N) is 2. The first-order chi connectivity index (χ1) is 5.79. The Hall–Kier alpha value is -2.00. The summed E-state index contributed by atoms with van der Waals surface area (Å²) in [7, 11) is 0. The number of hydrogen-bond donors (Lipinski definition) is 1. The second kappa shape index (κ2) is 3.41. The molecule has 3 nitrogen and oxygen atoms in total. The standard InChI is InChI=1S/C9H7N3/c1-7-3-2-4-12-9(7)8(5-10)6-11/h2-4,12H,1H3. The minimum atomic E-state index is 0.119. The van der Waals surface area contributed by atoms with Gasteiger partial charge in [-0.2, -0.15) is 10.5 Å². The van der Waals surface area contributed by atoms with Gasteiger partial charge in [-0.3, -0.25) is 0 Å². The van der Waals surface area contributed by atoms with Crippen LogP contribution in [-0.4, -0.2) is 0 Å². The second-order valence-corrected chi connectivity index (χ2v) is 2.33. The molecule has 0 unspecified atom stereocenters. The van der Waals surface area contributed by atoms with Gasteiger partial charge in [0, 0.05) is 6.20 Å². The Balaban J connectivity index is 3.15. The molecule has 58 valence electrons. The topological polar surface area (TPSA) is 59.6 Å². The molecular weight excluding hydrogens is 150 g/mol. The summed E-state index contributed by atoms with van der Waals surface area (Å²) in [6.45, 7) is 1.85. The first-order valence-corrected chi connectivity index (χ1v) is 3.44. The zero-order chi connectivity index (χ0) is 8.97. The Labute approximate surface area is 70.9 Å². The Morgan fingerprint density at radius 2 is 2.08 bits per heavy atom. The molecule has 0 saturated carbocycles. The molecule has 12 heavy (non-hydrogen) atoms. The van der Waals surface area contributed by atoms with Crippen molar-refractivity contribution in [1.82, 2.24) is 5.32 Å². The summed E-state index contributed by atoms with van der Waals surface area (Å²) in [6, 6.07) is 3.67. The maximum Gasteiger partial charge on any atom is 0.153 e. The van der Waals surface area contributed by atoms with Gasteiger partial charge in [-0.15, -0.1) is 0 Å². The van der Waals surface area contributed by atoms with Crippen molar-refractivity contribution < 1.29 is 0 Å². The number of rotatable bonds is 0. The molecule has 0 aromatic carbocycles. The first-order valence-electron chi connectivity index (χ1n) is 3.44. The van der Waals surface area contributed by atoms with Crippen LogP contribution >= 0.6 is 0 Å². The van der Waals surface area contributed by atoms with Gasteiger partial charge in [0.15, 0.2) is 5.57 Å². The summed E-state index contributed by atoms with van der Waals surface area (Å²) in [4.78, 5) is 0. The maximum atomic E-state index is 8.57. The third kappa shape index (κ3) is 1.36. The van der Waals surface area contributed by atoms with E-state index in [1.54, 1.807) is 6.20 Å². The number of nitrogens with one attached hydrogen (secondary N) is 1. The molecular formula is C9H7N3. The van der Waals surface area contributed by atoms with E-state index in [4.69, 9.17) is 10.5 Å². The van der Waals surface area contributed by atoms with Gasteiger partial charge in [0.25, 0.3) is 0 Å².